The lowest BCUT2D eigenvalue weighted by Gasteiger charge is -2.41. The zero-order valence-corrected chi connectivity index (χ0v) is 26.8. The molecule has 11 nitrogen and oxygen atoms in total. The molecule has 2 N–H and O–H groups in total. The summed E-state index contributed by atoms with van der Waals surface area (Å²) in [4.78, 5) is 58.3. The fraction of sp³-hybridized carbons (Fsp3) is 0.588. The Bertz CT molecular complexity index is 1260. The van der Waals surface area contributed by atoms with Crippen molar-refractivity contribution < 1.29 is 38.5 Å². The Morgan fingerprint density at radius 3 is 2.53 bits per heavy atom. The second kappa shape index (κ2) is 14.3. The summed E-state index contributed by atoms with van der Waals surface area (Å²) in [6.45, 7) is 13.1. The number of ether oxygens (including phenoxy) is 3. The second-order valence-corrected chi connectivity index (χ2v) is 12.9. The smallest absolute Gasteiger partial charge is 0.313 e. The van der Waals surface area contributed by atoms with Crippen molar-refractivity contribution in [2.45, 2.75) is 81.9 Å². The number of methoxy groups -OCH3 is 1. The summed E-state index contributed by atoms with van der Waals surface area (Å²) in [5, 5.41) is 12.9. The number of β-amino-alcohol motifs (C(OH)–C–C–N with tert-alkyl or cyclic N) is 1. The van der Waals surface area contributed by atoms with Crippen molar-refractivity contribution in [2.24, 2.45) is 11.8 Å². The van der Waals surface area contributed by atoms with E-state index in [0.29, 0.717) is 24.8 Å². The zero-order valence-electron chi connectivity index (χ0n) is 26.8. The number of allylic oxidation sites excluding steroid dienone is 1. The molecule has 0 aromatic heterocycles. The van der Waals surface area contributed by atoms with E-state index in [2.05, 4.69) is 18.5 Å². The molecule has 3 aliphatic rings. The number of fused-ring (bicyclic) bond motifs is 1. The summed E-state index contributed by atoms with van der Waals surface area (Å²) in [5.41, 5.74) is -1.18. The maximum Gasteiger partial charge on any atom is 0.313 e. The van der Waals surface area contributed by atoms with Crippen LogP contribution in [0, 0.1) is 11.8 Å². The van der Waals surface area contributed by atoms with E-state index >= 15 is 0 Å². The van der Waals surface area contributed by atoms with Gasteiger partial charge in [-0.1, -0.05) is 42.5 Å². The summed E-state index contributed by atoms with van der Waals surface area (Å²) in [6.07, 6.45) is 3.31. The monoisotopic (exact) mass is 625 g/mol. The van der Waals surface area contributed by atoms with Crippen molar-refractivity contribution in [3.63, 3.8) is 0 Å². The second-order valence-electron chi connectivity index (χ2n) is 12.9. The minimum absolute atomic E-state index is 0.0658. The van der Waals surface area contributed by atoms with Crippen LogP contribution in [0.3, 0.4) is 0 Å². The number of hydrogen-bond acceptors (Lipinski definition) is 8. The standard InChI is InChI=1S/C34H47N3O8/c1-7-9-15-25(39)35-23(21-43-6)28(22-13-11-10-12-14-22)44-32(42)26-24-16-17-34(45-24)27(26)30(40)36(19-20-38)29(34)31(41)37(18-8-2)33(3,4)5/h7-8,10-14,23-24,26-29,38H,1-2,9,15-21H2,3-6H3,(H,35,39)/t23-,24-,26+,27+,28-,29-,34+/m1/s1. The summed E-state index contributed by atoms with van der Waals surface area (Å²) >= 11 is 0. The number of nitrogens with zero attached hydrogens (tertiary/aromatic N) is 2. The number of amides is 3. The predicted octanol–water partition coefficient (Wildman–Crippen LogP) is 2.55. The Labute approximate surface area is 265 Å². The predicted molar refractivity (Wildman–Crippen MR) is 167 cm³/mol. The molecular formula is C34H47N3O8. The van der Waals surface area contributed by atoms with Gasteiger partial charge in [-0.25, -0.2) is 0 Å². The molecule has 1 aromatic rings. The topological polar surface area (TPSA) is 135 Å². The first kappa shape index (κ1) is 34.3. The van der Waals surface area contributed by atoms with Crippen LogP contribution in [-0.4, -0.2) is 101 Å². The quantitative estimate of drug-likeness (QED) is 0.224. The lowest BCUT2D eigenvalue weighted by molar-refractivity contribution is -0.163. The maximum absolute atomic E-state index is 14.3. The van der Waals surface area contributed by atoms with Crippen molar-refractivity contribution >= 4 is 23.7 Å². The number of hydrogen-bond donors (Lipinski definition) is 2. The van der Waals surface area contributed by atoms with E-state index < -0.39 is 59.1 Å². The lowest BCUT2D eigenvalue weighted by atomic mass is 9.70. The third kappa shape index (κ3) is 6.71. The fourth-order valence-corrected chi connectivity index (χ4v) is 7.14. The van der Waals surface area contributed by atoms with Crippen LogP contribution in [0.5, 0.6) is 0 Å². The van der Waals surface area contributed by atoms with E-state index in [1.165, 1.54) is 12.0 Å². The average molecular weight is 626 g/mol. The minimum atomic E-state index is -1.24. The van der Waals surface area contributed by atoms with Gasteiger partial charge >= 0.3 is 5.97 Å². The molecule has 0 aliphatic carbocycles. The normalized spacial score (nSPS) is 26.6. The van der Waals surface area contributed by atoms with Crippen molar-refractivity contribution in [2.75, 3.05) is 33.4 Å². The van der Waals surface area contributed by atoms with Gasteiger partial charge in [0.25, 0.3) is 0 Å². The molecule has 1 spiro atoms. The number of nitrogens with one attached hydrogen (secondary N) is 1. The van der Waals surface area contributed by atoms with Crippen LogP contribution < -0.4 is 5.32 Å². The largest absolute Gasteiger partial charge is 0.455 e. The molecule has 246 valence electrons. The highest BCUT2D eigenvalue weighted by molar-refractivity contribution is 5.98. The number of likely N-dealkylation sites (tertiary alicyclic amines) is 1. The van der Waals surface area contributed by atoms with Crippen LogP contribution in [0.1, 0.15) is 58.1 Å². The average Bonchev–Trinajstić information content (AvgIpc) is 3.64. The van der Waals surface area contributed by atoms with E-state index in [4.69, 9.17) is 14.2 Å². The van der Waals surface area contributed by atoms with Gasteiger partial charge in [0.1, 0.15) is 17.7 Å². The van der Waals surface area contributed by atoms with E-state index in [-0.39, 0.29) is 44.5 Å². The summed E-state index contributed by atoms with van der Waals surface area (Å²) < 4.78 is 18.2. The van der Waals surface area contributed by atoms with Gasteiger partial charge in [-0.05, 0) is 45.6 Å². The summed E-state index contributed by atoms with van der Waals surface area (Å²) in [7, 11) is 1.50. The van der Waals surface area contributed by atoms with Gasteiger partial charge in [0.05, 0.1) is 37.2 Å². The number of aliphatic hydroxyl groups excluding tert-OH is 1. The molecule has 11 heteroatoms. The number of carbonyl (C=O) groups excluding carboxylic acids is 4. The van der Waals surface area contributed by atoms with Gasteiger partial charge in [-0.3, -0.25) is 19.2 Å². The Morgan fingerprint density at radius 2 is 1.93 bits per heavy atom. The van der Waals surface area contributed by atoms with Crippen molar-refractivity contribution in [1.29, 1.82) is 0 Å². The summed E-state index contributed by atoms with van der Waals surface area (Å²) in [5.74, 6) is -3.56. The van der Waals surface area contributed by atoms with Crippen LogP contribution in [0.15, 0.2) is 55.6 Å². The molecule has 0 radical (unpaired) electrons. The van der Waals surface area contributed by atoms with Crippen molar-refractivity contribution in [1.82, 2.24) is 15.1 Å². The Hall–Kier alpha value is -3.54. The van der Waals surface area contributed by atoms with Gasteiger partial charge in [0.15, 0.2) is 0 Å². The molecule has 3 heterocycles. The molecule has 1 aromatic carbocycles. The highest BCUT2D eigenvalue weighted by atomic mass is 16.6. The third-order valence-electron chi connectivity index (χ3n) is 9.04. The zero-order chi connectivity index (χ0) is 32.9. The molecule has 45 heavy (non-hydrogen) atoms. The van der Waals surface area contributed by atoms with Crippen LogP contribution in [0.4, 0.5) is 0 Å². The molecule has 3 amide bonds. The van der Waals surface area contributed by atoms with Gasteiger partial charge < -0.3 is 34.4 Å². The van der Waals surface area contributed by atoms with Crippen LogP contribution in [0.25, 0.3) is 0 Å². The van der Waals surface area contributed by atoms with Gasteiger partial charge in [0.2, 0.25) is 17.7 Å². The number of carbonyl (C=O) groups is 4. The van der Waals surface area contributed by atoms with Crippen LogP contribution in [-0.2, 0) is 33.4 Å². The molecular weight excluding hydrogens is 578 g/mol. The molecule has 7 atom stereocenters. The molecule has 3 saturated heterocycles. The minimum Gasteiger partial charge on any atom is -0.455 e. The first-order chi connectivity index (χ1) is 21.4. The van der Waals surface area contributed by atoms with E-state index in [1.807, 2.05) is 39.0 Å². The third-order valence-corrected chi connectivity index (χ3v) is 9.04. The highest BCUT2D eigenvalue weighted by Crippen LogP contribution is 2.59. The lowest BCUT2D eigenvalue weighted by Crippen LogP contribution is -2.60. The molecule has 2 bridgehead atoms. The Balaban J connectivity index is 1.68. The maximum atomic E-state index is 14.3. The number of benzene rings is 1. The fourth-order valence-electron chi connectivity index (χ4n) is 7.14. The molecule has 3 aliphatic heterocycles. The number of esters is 1. The highest BCUT2D eigenvalue weighted by Gasteiger charge is 2.75. The molecule has 0 unspecified atom stereocenters. The molecule has 3 fully saturated rings. The van der Waals surface area contributed by atoms with Crippen molar-refractivity contribution in [3.05, 3.63) is 61.2 Å². The van der Waals surface area contributed by atoms with Crippen LogP contribution >= 0.6 is 0 Å². The molecule has 0 saturated carbocycles. The van der Waals surface area contributed by atoms with Gasteiger partial charge in [-0.15, -0.1) is 13.2 Å². The first-order valence-electron chi connectivity index (χ1n) is 15.6. The van der Waals surface area contributed by atoms with E-state index in [1.54, 1.807) is 29.2 Å². The van der Waals surface area contributed by atoms with E-state index in [9.17, 15) is 24.3 Å². The first-order valence-corrected chi connectivity index (χ1v) is 15.6. The number of rotatable bonds is 15. The van der Waals surface area contributed by atoms with Crippen LogP contribution in [0.2, 0.25) is 0 Å². The van der Waals surface area contributed by atoms with Crippen molar-refractivity contribution in [3.8, 4) is 0 Å². The Morgan fingerprint density at radius 1 is 1.22 bits per heavy atom. The number of aliphatic hydroxyl groups is 1. The molecule has 4 rings (SSSR count). The van der Waals surface area contributed by atoms with Gasteiger partial charge in [0, 0.05) is 32.2 Å². The summed E-state index contributed by atoms with van der Waals surface area (Å²) in [6, 6.07) is 7.32. The Kier molecular flexibility index (Phi) is 10.9. The van der Waals surface area contributed by atoms with Gasteiger partial charge in [-0.2, -0.15) is 0 Å². The SMILES string of the molecule is C=CCCC(=O)N[C@H](COC)[C@H](OC(=O)[C@@H]1[C@H]2C(=O)N(CCO)[C@H](C(=O)N(CC=C)C(C)(C)C)[C@]23CC[C@H]1O3)c1ccccc1. The van der Waals surface area contributed by atoms with E-state index in [0.717, 1.165) is 0 Å².